The zero-order valence-corrected chi connectivity index (χ0v) is 11.4. The first-order valence-corrected chi connectivity index (χ1v) is 7.00. The van der Waals surface area contributed by atoms with E-state index in [-0.39, 0.29) is 5.75 Å². The zero-order valence-electron chi connectivity index (χ0n) is 10.6. The van der Waals surface area contributed by atoms with Gasteiger partial charge in [0.2, 0.25) is 0 Å². The van der Waals surface area contributed by atoms with E-state index < -0.39 is 0 Å². The first-order chi connectivity index (χ1) is 9.25. The average Bonchev–Trinajstić information content (AvgIpc) is 2.81. The van der Waals surface area contributed by atoms with Crippen molar-refractivity contribution in [3.8, 4) is 11.5 Å². The summed E-state index contributed by atoms with van der Waals surface area (Å²) in [5, 5.41) is 13.1. The molecule has 0 bridgehead atoms. The Morgan fingerprint density at radius 2 is 1.95 bits per heavy atom. The van der Waals surface area contributed by atoms with Gasteiger partial charge >= 0.3 is 0 Å². The van der Waals surface area contributed by atoms with Gasteiger partial charge in [0.25, 0.3) is 0 Å². The number of phenols is 1. The summed E-state index contributed by atoms with van der Waals surface area (Å²) in [5.41, 5.74) is 2.45. The zero-order chi connectivity index (χ0) is 13.2. The molecule has 0 amide bonds. The molecule has 2 aromatic carbocycles. The molecule has 0 radical (unpaired) electrons. The van der Waals surface area contributed by atoms with Crippen molar-refractivity contribution in [3.63, 3.8) is 0 Å². The highest BCUT2D eigenvalue weighted by Crippen LogP contribution is 2.30. The second-order valence-electron chi connectivity index (χ2n) is 4.47. The number of aryl methyl sites for hydroxylation is 1. The number of ether oxygens (including phenoxy) is 1. The second-order valence-corrected chi connectivity index (χ2v) is 5.35. The molecule has 0 atom stereocenters. The molecule has 1 N–H and O–H groups in total. The van der Waals surface area contributed by atoms with Crippen LogP contribution in [0.5, 0.6) is 11.5 Å². The Bertz CT molecular complexity index is 716. The highest BCUT2D eigenvalue weighted by molar-refractivity contribution is 7.17. The van der Waals surface area contributed by atoms with Crippen molar-refractivity contribution in [2.75, 3.05) is 0 Å². The summed E-state index contributed by atoms with van der Waals surface area (Å²) in [6.07, 6.45) is 0. The quantitative estimate of drug-likeness (QED) is 0.759. The van der Waals surface area contributed by atoms with Crippen LogP contribution in [0.4, 0.5) is 0 Å². The van der Waals surface area contributed by atoms with Crippen molar-refractivity contribution in [1.82, 2.24) is 0 Å². The summed E-state index contributed by atoms with van der Waals surface area (Å²) in [6, 6.07) is 13.3. The van der Waals surface area contributed by atoms with E-state index in [0.717, 1.165) is 5.56 Å². The van der Waals surface area contributed by atoms with Gasteiger partial charge in [0.15, 0.2) is 11.5 Å². The minimum absolute atomic E-state index is 0.178. The molecule has 0 aliphatic carbocycles. The molecular formula is C16H14O2S. The van der Waals surface area contributed by atoms with Crippen LogP contribution in [0.2, 0.25) is 0 Å². The summed E-state index contributed by atoms with van der Waals surface area (Å²) in [7, 11) is 0. The molecule has 2 nitrogen and oxygen atoms in total. The number of phenolic OH excluding ortho intramolecular Hbond substituents is 1. The molecule has 19 heavy (non-hydrogen) atoms. The fraction of sp³-hybridized carbons (Fsp3) is 0.125. The highest BCUT2D eigenvalue weighted by atomic mass is 32.1. The van der Waals surface area contributed by atoms with Crippen LogP contribution < -0.4 is 4.74 Å². The third-order valence-corrected chi connectivity index (χ3v) is 4.31. The molecule has 0 unspecified atom stereocenters. The van der Waals surface area contributed by atoms with E-state index >= 15 is 0 Å². The van der Waals surface area contributed by atoms with E-state index in [4.69, 9.17) is 4.74 Å². The van der Waals surface area contributed by atoms with Gasteiger partial charge in [-0.1, -0.05) is 30.3 Å². The normalized spacial score (nSPS) is 10.8. The van der Waals surface area contributed by atoms with E-state index in [0.29, 0.717) is 12.4 Å². The second kappa shape index (κ2) is 4.94. The maximum Gasteiger partial charge on any atom is 0.161 e. The molecule has 3 aromatic rings. The van der Waals surface area contributed by atoms with Crippen LogP contribution in [0.3, 0.4) is 0 Å². The van der Waals surface area contributed by atoms with Crippen LogP contribution in [-0.2, 0) is 6.61 Å². The lowest BCUT2D eigenvalue weighted by Gasteiger charge is -2.08. The van der Waals surface area contributed by atoms with Gasteiger partial charge in [-0.15, -0.1) is 11.3 Å². The molecule has 1 aromatic heterocycles. The van der Waals surface area contributed by atoms with Gasteiger partial charge < -0.3 is 9.84 Å². The van der Waals surface area contributed by atoms with Crippen molar-refractivity contribution in [2.24, 2.45) is 0 Å². The highest BCUT2D eigenvalue weighted by Gasteiger charge is 2.07. The predicted octanol–water partition coefficient (Wildman–Crippen LogP) is 4.49. The smallest absolute Gasteiger partial charge is 0.161 e. The minimum atomic E-state index is 0.178. The fourth-order valence-electron chi connectivity index (χ4n) is 2.09. The van der Waals surface area contributed by atoms with E-state index in [1.165, 1.54) is 15.6 Å². The molecule has 0 saturated heterocycles. The van der Waals surface area contributed by atoms with Crippen LogP contribution in [0.1, 0.15) is 11.1 Å². The summed E-state index contributed by atoms with van der Waals surface area (Å²) in [6.45, 7) is 2.58. The van der Waals surface area contributed by atoms with Crippen LogP contribution in [0.15, 0.2) is 47.8 Å². The summed E-state index contributed by atoms with van der Waals surface area (Å²) in [4.78, 5) is 0. The van der Waals surface area contributed by atoms with Crippen LogP contribution in [-0.4, -0.2) is 5.11 Å². The maximum absolute atomic E-state index is 9.68. The molecule has 3 heteroatoms. The molecule has 0 fully saturated rings. The Labute approximate surface area is 115 Å². The van der Waals surface area contributed by atoms with Gasteiger partial charge in [-0.2, -0.15) is 0 Å². The number of para-hydroxylation sites is 2. The average molecular weight is 270 g/mol. The van der Waals surface area contributed by atoms with Crippen molar-refractivity contribution in [2.45, 2.75) is 13.5 Å². The van der Waals surface area contributed by atoms with Crippen LogP contribution in [0, 0.1) is 6.92 Å². The predicted molar refractivity (Wildman–Crippen MR) is 79.0 cm³/mol. The Hall–Kier alpha value is -2.00. The molecule has 0 aliphatic heterocycles. The van der Waals surface area contributed by atoms with Crippen molar-refractivity contribution in [1.29, 1.82) is 0 Å². The largest absolute Gasteiger partial charge is 0.504 e. The van der Waals surface area contributed by atoms with Crippen molar-refractivity contribution < 1.29 is 9.84 Å². The summed E-state index contributed by atoms with van der Waals surface area (Å²) >= 11 is 1.74. The van der Waals surface area contributed by atoms with Gasteiger partial charge in [0.1, 0.15) is 6.61 Å². The lowest BCUT2D eigenvalue weighted by atomic mass is 10.1. The number of fused-ring (bicyclic) bond motifs is 1. The fourth-order valence-corrected chi connectivity index (χ4v) is 3.15. The maximum atomic E-state index is 9.68. The molecule has 96 valence electrons. The first-order valence-electron chi connectivity index (χ1n) is 6.12. The van der Waals surface area contributed by atoms with Crippen molar-refractivity contribution in [3.05, 3.63) is 59.0 Å². The third kappa shape index (κ3) is 2.29. The number of benzene rings is 2. The van der Waals surface area contributed by atoms with E-state index in [1.54, 1.807) is 29.5 Å². The van der Waals surface area contributed by atoms with Gasteiger partial charge in [-0.3, -0.25) is 0 Å². The molecule has 0 spiro atoms. The van der Waals surface area contributed by atoms with E-state index in [1.807, 2.05) is 12.1 Å². The minimum Gasteiger partial charge on any atom is -0.504 e. The van der Waals surface area contributed by atoms with Gasteiger partial charge in [0.05, 0.1) is 0 Å². The lowest BCUT2D eigenvalue weighted by molar-refractivity contribution is 0.290. The number of hydrogen-bond donors (Lipinski definition) is 1. The Balaban J connectivity index is 1.88. The van der Waals surface area contributed by atoms with Crippen LogP contribution in [0.25, 0.3) is 10.1 Å². The lowest BCUT2D eigenvalue weighted by Crippen LogP contribution is -1.95. The number of hydrogen-bond acceptors (Lipinski definition) is 3. The topological polar surface area (TPSA) is 29.5 Å². The molecule has 3 rings (SSSR count). The summed E-state index contributed by atoms with van der Waals surface area (Å²) < 4.78 is 6.96. The van der Waals surface area contributed by atoms with E-state index in [2.05, 4.69) is 24.4 Å². The monoisotopic (exact) mass is 270 g/mol. The Kier molecular flexibility index (Phi) is 3.13. The van der Waals surface area contributed by atoms with E-state index in [9.17, 15) is 5.11 Å². The van der Waals surface area contributed by atoms with Gasteiger partial charge in [-0.05, 0) is 35.4 Å². The standard InChI is InChI=1S/C16H14O2S/c1-11-10-19-16-12(5-4-6-13(11)16)9-18-15-8-3-2-7-14(15)17/h2-8,10,17H,9H2,1H3. The number of thiophene rings is 1. The Morgan fingerprint density at radius 3 is 2.79 bits per heavy atom. The summed E-state index contributed by atoms with van der Waals surface area (Å²) in [5.74, 6) is 0.699. The van der Waals surface area contributed by atoms with Crippen LogP contribution >= 0.6 is 11.3 Å². The molecule has 0 aliphatic rings. The Morgan fingerprint density at radius 1 is 1.11 bits per heavy atom. The van der Waals surface area contributed by atoms with Gasteiger partial charge in [0, 0.05) is 10.3 Å². The molecular weight excluding hydrogens is 256 g/mol. The molecule has 1 heterocycles. The first kappa shape index (κ1) is 12.1. The van der Waals surface area contributed by atoms with Crippen molar-refractivity contribution >= 4 is 21.4 Å². The third-order valence-electron chi connectivity index (χ3n) is 3.12. The molecule has 0 saturated carbocycles. The number of aromatic hydroxyl groups is 1. The van der Waals surface area contributed by atoms with Gasteiger partial charge in [-0.25, -0.2) is 0 Å². The SMILES string of the molecule is Cc1csc2c(COc3ccccc3O)cccc12. The number of rotatable bonds is 3.